The van der Waals surface area contributed by atoms with Crippen molar-refractivity contribution in [2.45, 2.75) is 44.7 Å². The van der Waals surface area contributed by atoms with Crippen LogP contribution in [0.25, 0.3) is 0 Å². The van der Waals surface area contributed by atoms with Crippen molar-refractivity contribution in [2.24, 2.45) is 17.4 Å². The van der Waals surface area contributed by atoms with Gasteiger partial charge in [0.2, 0.25) is 0 Å². The van der Waals surface area contributed by atoms with Crippen molar-refractivity contribution in [1.82, 2.24) is 0 Å². The summed E-state index contributed by atoms with van der Waals surface area (Å²) in [5, 5.41) is 0. The second-order valence-electron chi connectivity index (χ2n) is 3.95. The van der Waals surface area contributed by atoms with E-state index in [9.17, 15) is 0 Å². The summed E-state index contributed by atoms with van der Waals surface area (Å²) in [5.74, 6) is 0.632. The van der Waals surface area contributed by atoms with E-state index in [1.807, 2.05) is 0 Å². The Bertz CT molecular complexity index is 120. The molecule has 0 amide bonds. The fourth-order valence-corrected chi connectivity index (χ4v) is 1.66. The molecule has 0 saturated heterocycles. The fraction of sp³-hybridized carbons (Fsp3) is 1.00. The van der Waals surface area contributed by atoms with E-state index < -0.39 is 0 Å². The standard InChI is InChI=1S/C8H18N2/c1-6-3-4-7(9)5-8(6,2)10/h6-7H,3-5,9-10H2,1-2H3. The van der Waals surface area contributed by atoms with Gasteiger partial charge in [-0.05, 0) is 32.1 Å². The first-order valence-electron chi connectivity index (χ1n) is 4.07. The SMILES string of the molecule is CC1CCC(N)CC1(C)N. The summed E-state index contributed by atoms with van der Waals surface area (Å²) in [6, 6.07) is 0.339. The van der Waals surface area contributed by atoms with Crippen LogP contribution < -0.4 is 11.5 Å². The average molecular weight is 142 g/mol. The molecule has 0 heterocycles. The van der Waals surface area contributed by atoms with Crippen molar-refractivity contribution in [3.63, 3.8) is 0 Å². The molecule has 3 unspecified atom stereocenters. The fourth-order valence-electron chi connectivity index (χ4n) is 1.66. The summed E-state index contributed by atoms with van der Waals surface area (Å²) >= 11 is 0. The minimum Gasteiger partial charge on any atom is -0.328 e. The zero-order chi connectivity index (χ0) is 7.78. The Morgan fingerprint density at radius 2 is 2.00 bits per heavy atom. The first-order valence-corrected chi connectivity index (χ1v) is 4.07. The van der Waals surface area contributed by atoms with Gasteiger partial charge in [-0.1, -0.05) is 6.92 Å². The highest BCUT2D eigenvalue weighted by atomic mass is 14.8. The first-order chi connectivity index (χ1) is 4.52. The smallest absolute Gasteiger partial charge is 0.0166 e. The molecule has 0 aliphatic heterocycles. The Balaban J connectivity index is 2.55. The normalized spacial score (nSPS) is 49.2. The molecule has 0 aromatic rings. The van der Waals surface area contributed by atoms with Gasteiger partial charge in [0.1, 0.15) is 0 Å². The van der Waals surface area contributed by atoms with E-state index in [-0.39, 0.29) is 5.54 Å². The lowest BCUT2D eigenvalue weighted by Gasteiger charge is -2.39. The number of hydrogen-bond donors (Lipinski definition) is 2. The molecule has 1 aliphatic carbocycles. The maximum Gasteiger partial charge on any atom is 0.0166 e. The molecule has 2 heteroatoms. The molecule has 3 atom stereocenters. The van der Waals surface area contributed by atoms with Crippen LogP contribution in [0.3, 0.4) is 0 Å². The maximum absolute atomic E-state index is 6.03. The Hall–Kier alpha value is -0.0800. The van der Waals surface area contributed by atoms with Gasteiger partial charge in [-0.15, -0.1) is 0 Å². The Labute approximate surface area is 63.0 Å². The summed E-state index contributed by atoms with van der Waals surface area (Å²) in [7, 11) is 0. The molecule has 10 heavy (non-hydrogen) atoms. The Kier molecular flexibility index (Phi) is 2.02. The lowest BCUT2D eigenvalue weighted by molar-refractivity contribution is 0.206. The predicted octanol–water partition coefficient (Wildman–Crippen LogP) is 0.851. The molecule has 0 radical (unpaired) electrons. The molecular formula is C8H18N2. The topological polar surface area (TPSA) is 52.0 Å². The van der Waals surface area contributed by atoms with E-state index in [0.29, 0.717) is 12.0 Å². The molecule has 60 valence electrons. The van der Waals surface area contributed by atoms with Gasteiger partial charge >= 0.3 is 0 Å². The number of rotatable bonds is 0. The van der Waals surface area contributed by atoms with Gasteiger partial charge in [-0.2, -0.15) is 0 Å². The van der Waals surface area contributed by atoms with Crippen molar-refractivity contribution in [2.75, 3.05) is 0 Å². The zero-order valence-electron chi connectivity index (χ0n) is 6.93. The highest BCUT2D eigenvalue weighted by Crippen LogP contribution is 2.30. The van der Waals surface area contributed by atoms with Gasteiger partial charge in [-0.3, -0.25) is 0 Å². The molecular weight excluding hydrogens is 124 g/mol. The zero-order valence-corrected chi connectivity index (χ0v) is 6.93. The second-order valence-corrected chi connectivity index (χ2v) is 3.95. The van der Waals surface area contributed by atoms with Crippen molar-refractivity contribution >= 4 is 0 Å². The molecule has 1 rings (SSSR count). The van der Waals surface area contributed by atoms with Crippen LogP contribution in [0.2, 0.25) is 0 Å². The van der Waals surface area contributed by atoms with Crippen LogP contribution in [-0.2, 0) is 0 Å². The van der Waals surface area contributed by atoms with Crippen LogP contribution in [0.15, 0.2) is 0 Å². The maximum atomic E-state index is 6.03. The van der Waals surface area contributed by atoms with Crippen LogP contribution in [0.1, 0.15) is 33.1 Å². The summed E-state index contributed by atoms with van der Waals surface area (Å²) in [6.07, 6.45) is 3.32. The van der Waals surface area contributed by atoms with Crippen LogP contribution >= 0.6 is 0 Å². The van der Waals surface area contributed by atoms with E-state index in [1.54, 1.807) is 0 Å². The lowest BCUT2D eigenvalue weighted by Crippen LogP contribution is -2.51. The van der Waals surface area contributed by atoms with Crippen molar-refractivity contribution in [3.8, 4) is 0 Å². The molecule has 0 spiro atoms. The van der Waals surface area contributed by atoms with Crippen LogP contribution in [0, 0.1) is 5.92 Å². The van der Waals surface area contributed by atoms with Gasteiger partial charge in [-0.25, -0.2) is 0 Å². The highest BCUT2D eigenvalue weighted by molar-refractivity contribution is 4.92. The van der Waals surface area contributed by atoms with Gasteiger partial charge in [0.15, 0.2) is 0 Å². The molecule has 1 fully saturated rings. The highest BCUT2D eigenvalue weighted by Gasteiger charge is 2.32. The summed E-state index contributed by atoms with van der Waals surface area (Å²) in [5.41, 5.74) is 11.8. The van der Waals surface area contributed by atoms with E-state index in [1.165, 1.54) is 6.42 Å². The third-order valence-corrected chi connectivity index (χ3v) is 2.80. The molecule has 1 aliphatic rings. The summed E-state index contributed by atoms with van der Waals surface area (Å²) in [6.45, 7) is 4.32. The van der Waals surface area contributed by atoms with Crippen LogP contribution in [0.4, 0.5) is 0 Å². The Morgan fingerprint density at radius 1 is 1.40 bits per heavy atom. The molecule has 0 bridgehead atoms. The van der Waals surface area contributed by atoms with Gasteiger partial charge in [0.25, 0.3) is 0 Å². The minimum absolute atomic E-state index is 0.0162. The molecule has 4 N–H and O–H groups in total. The van der Waals surface area contributed by atoms with E-state index in [2.05, 4.69) is 13.8 Å². The monoisotopic (exact) mass is 142 g/mol. The molecule has 0 aromatic heterocycles. The summed E-state index contributed by atoms with van der Waals surface area (Å²) < 4.78 is 0. The number of hydrogen-bond acceptors (Lipinski definition) is 2. The van der Waals surface area contributed by atoms with Crippen molar-refractivity contribution in [3.05, 3.63) is 0 Å². The van der Waals surface area contributed by atoms with Gasteiger partial charge < -0.3 is 11.5 Å². The first kappa shape index (κ1) is 8.02. The minimum atomic E-state index is -0.0162. The Morgan fingerprint density at radius 3 is 2.40 bits per heavy atom. The largest absolute Gasteiger partial charge is 0.328 e. The summed E-state index contributed by atoms with van der Waals surface area (Å²) in [4.78, 5) is 0. The van der Waals surface area contributed by atoms with E-state index in [0.717, 1.165) is 12.8 Å². The lowest BCUT2D eigenvalue weighted by atomic mass is 9.74. The average Bonchev–Trinajstić information content (AvgIpc) is 1.78. The molecule has 2 nitrogen and oxygen atoms in total. The van der Waals surface area contributed by atoms with Gasteiger partial charge in [0, 0.05) is 11.6 Å². The van der Waals surface area contributed by atoms with Crippen molar-refractivity contribution in [1.29, 1.82) is 0 Å². The van der Waals surface area contributed by atoms with Crippen LogP contribution in [-0.4, -0.2) is 11.6 Å². The third kappa shape index (κ3) is 1.50. The molecule has 0 aromatic carbocycles. The van der Waals surface area contributed by atoms with Crippen LogP contribution in [0.5, 0.6) is 0 Å². The van der Waals surface area contributed by atoms with E-state index >= 15 is 0 Å². The number of nitrogens with two attached hydrogens (primary N) is 2. The van der Waals surface area contributed by atoms with Crippen molar-refractivity contribution < 1.29 is 0 Å². The van der Waals surface area contributed by atoms with E-state index in [4.69, 9.17) is 11.5 Å². The molecule has 1 saturated carbocycles. The second kappa shape index (κ2) is 2.51. The predicted molar refractivity (Wildman–Crippen MR) is 43.6 cm³/mol. The third-order valence-electron chi connectivity index (χ3n) is 2.80. The van der Waals surface area contributed by atoms with Gasteiger partial charge in [0.05, 0.1) is 0 Å². The quantitative estimate of drug-likeness (QED) is 0.527.